The highest BCUT2D eigenvalue weighted by molar-refractivity contribution is 4.94. The van der Waals surface area contributed by atoms with Crippen molar-refractivity contribution < 1.29 is 5.11 Å². The molecule has 0 radical (unpaired) electrons. The molecule has 0 aliphatic carbocycles. The number of H-pyrrole nitrogens is 1. The molecule has 1 aliphatic heterocycles. The molecular formula is C11H19N3O. The minimum absolute atomic E-state index is 0.322. The van der Waals surface area contributed by atoms with Gasteiger partial charge in [0, 0.05) is 31.6 Å². The van der Waals surface area contributed by atoms with Crippen LogP contribution in [-0.2, 0) is 6.54 Å². The monoisotopic (exact) mass is 209 g/mol. The van der Waals surface area contributed by atoms with Crippen molar-refractivity contribution in [3.8, 4) is 0 Å². The molecule has 1 unspecified atom stereocenters. The minimum Gasteiger partial charge on any atom is -0.396 e. The first kappa shape index (κ1) is 10.6. The summed E-state index contributed by atoms with van der Waals surface area (Å²) in [5, 5.41) is 8.93. The number of aromatic nitrogens is 2. The average Bonchev–Trinajstić information content (AvgIpc) is 2.71. The Hall–Kier alpha value is -0.870. The van der Waals surface area contributed by atoms with E-state index in [1.807, 2.05) is 6.20 Å². The van der Waals surface area contributed by atoms with E-state index in [1.165, 1.54) is 25.1 Å². The van der Waals surface area contributed by atoms with Crippen LogP contribution in [0.25, 0.3) is 0 Å². The van der Waals surface area contributed by atoms with Crippen LogP contribution in [-0.4, -0.2) is 39.7 Å². The second-order valence-electron chi connectivity index (χ2n) is 4.33. The first-order valence-electron chi connectivity index (χ1n) is 5.69. The summed E-state index contributed by atoms with van der Waals surface area (Å²) in [6, 6.07) is 0. The van der Waals surface area contributed by atoms with Gasteiger partial charge in [-0.25, -0.2) is 4.98 Å². The predicted octanol–water partition coefficient (Wildman–Crippen LogP) is 1.00. The van der Waals surface area contributed by atoms with Crippen molar-refractivity contribution in [2.24, 2.45) is 5.92 Å². The Morgan fingerprint density at radius 2 is 2.53 bits per heavy atom. The van der Waals surface area contributed by atoms with Gasteiger partial charge in [0.15, 0.2) is 0 Å². The van der Waals surface area contributed by atoms with Crippen LogP contribution >= 0.6 is 0 Å². The lowest BCUT2D eigenvalue weighted by molar-refractivity contribution is 0.141. The lowest BCUT2D eigenvalue weighted by atomic mass is 9.95. The third-order valence-electron chi connectivity index (χ3n) is 3.09. The van der Waals surface area contributed by atoms with Gasteiger partial charge in [-0.15, -0.1) is 0 Å². The highest BCUT2D eigenvalue weighted by Gasteiger charge is 2.19. The summed E-state index contributed by atoms with van der Waals surface area (Å²) in [6.45, 7) is 3.56. The molecular weight excluding hydrogens is 190 g/mol. The molecule has 0 amide bonds. The molecule has 1 saturated heterocycles. The highest BCUT2D eigenvalue weighted by atomic mass is 16.3. The third kappa shape index (κ3) is 3.04. The number of piperidine rings is 1. The third-order valence-corrected chi connectivity index (χ3v) is 3.09. The van der Waals surface area contributed by atoms with Gasteiger partial charge >= 0.3 is 0 Å². The number of rotatable bonds is 4. The fourth-order valence-electron chi connectivity index (χ4n) is 2.33. The molecule has 0 bridgehead atoms. The molecule has 2 heterocycles. The number of nitrogens with zero attached hydrogens (tertiary/aromatic N) is 2. The fraction of sp³-hybridized carbons (Fsp3) is 0.727. The Balaban J connectivity index is 1.82. The van der Waals surface area contributed by atoms with Gasteiger partial charge in [0.05, 0.1) is 6.33 Å². The number of likely N-dealkylation sites (tertiary alicyclic amines) is 1. The molecule has 4 nitrogen and oxygen atoms in total. The lowest BCUT2D eigenvalue weighted by Crippen LogP contribution is -2.35. The van der Waals surface area contributed by atoms with Crippen molar-refractivity contribution in [3.05, 3.63) is 18.2 Å². The number of aromatic amines is 1. The molecule has 4 heteroatoms. The standard InChI is InChI=1S/C11H19N3O/c15-5-3-10-2-1-4-14(7-10)8-11-6-12-9-13-11/h6,9-10,15H,1-5,7-8H2,(H,12,13). The number of aliphatic hydroxyl groups is 1. The van der Waals surface area contributed by atoms with Gasteiger partial charge in [-0.05, 0) is 31.7 Å². The topological polar surface area (TPSA) is 52.1 Å². The molecule has 1 aliphatic rings. The Bertz CT molecular complexity index is 271. The minimum atomic E-state index is 0.322. The summed E-state index contributed by atoms with van der Waals surface area (Å²) in [5.74, 6) is 0.673. The molecule has 84 valence electrons. The van der Waals surface area contributed by atoms with E-state index in [-0.39, 0.29) is 0 Å². The predicted molar refractivity (Wildman–Crippen MR) is 58.3 cm³/mol. The van der Waals surface area contributed by atoms with Crippen molar-refractivity contribution in [1.82, 2.24) is 14.9 Å². The summed E-state index contributed by atoms with van der Waals surface area (Å²) in [6.07, 6.45) is 7.07. The van der Waals surface area contributed by atoms with Crippen LogP contribution < -0.4 is 0 Å². The maximum Gasteiger partial charge on any atom is 0.0922 e. The van der Waals surface area contributed by atoms with Crippen LogP contribution in [0.4, 0.5) is 0 Å². The molecule has 0 saturated carbocycles. The molecule has 0 spiro atoms. The van der Waals surface area contributed by atoms with Gasteiger partial charge < -0.3 is 10.1 Å². The van der Waals surface area contributed by atoms with Crippen LogP contribution in [0.2, 0.25) is 0 Å². The maximum absolute atomic E-state index is 8.93. The second-order valence-corrected chi connectivity index (χ2v) is 4.33. The quantitative estimate of drug-likeness (QED) is 0.778. The van der Waals surface area contributed by atoms with E-state index in [1.54, 1.807) is 6.33 Å². The zero-order valence-corrected chi connectivity index (χ0v) is 9.02. The van der Waals surface area contributed by atoms with Crippen LogP contribution in [0.15, 0.2) is 12.5 Å². The smallest absolute Gasteiger partial charge is 0.0922 e. The van der Waals surface area contributed by atoms with E-state index < -0.39 is 0 Å². The normalized spacial score (nSPS) is 23.1. The van der Waals surface area contributed by atoms with Gasteiger partial charge in [0.25, 0.3) is 0 Å². The molecule has 1 fully saturated rings. The van der Waals surface area contributed by atoms with Crippen molar-refractivity contribution in [2.45, 2.75) is 25.8 Å². The fourth-order valence-corrected chi connectivity index (χ4v) is 2.33. The Morgan fingerprint density at radius 1 is 1.60 bits per heavy atom. The number of hydrogen-bond acceptors (Lipinski definition) is 3. The van der Waals surface area contributed by atoms with Gasteiger partial charge in [0.1, 0.15) is 0 Å². The maximum atomic E-state index is 8.93. The first-order valence-corrected chi connectivity index (χ1v) is 5.69. The lowest BCUT2D eigenvalue weighted by Gasteiger charge is -2.32. The molecule has 0 aromatic carbocycles. The molecule has 1 aromatic rings. The van der Waals surface area contributed by atoms with E-state index in [2.05, 4.69) is 14.9 Å². The zero-order chi connectivity index (χ0) is 10.5. The number of imidazole rings is 1. The summed E-state index contributed by atoms with van der Waals surface area (Å²) < 4.78 is 0. The second kappa shape index (κ2) is 5.28. The van der Waals surface area contributed by atoms with Gasteiger partial charge in [-0.3, -0.25) is 4.90 Å². The largest absolute Gasteiger partial charge is 0.396 e. The van der Waals surface area contributed by atoms with Gasteiger partial charge in [-0.2, -0.15) is 0 Å². The molecule has 1 aromatic heterocycles. The molecule has 2 rings (SSSR count). The number of hydrogen-bond donors (Lipinski definition) is 2. The summed E-state index contributed by atoms with van der Waals surface area (Å²) in [7, 11) is 0. The SMILES string of the molecule is OCCC1CCCN(Cc2cnc[nH]2)C1. The van der Waals surface area contributed by atoms with E-state index in [4.69, 9.17) is 5.11 Å². The van der Waals surface area contributed by atoms with E-state index >= 15 is 0 Å². The van der Waals surface area contributed by atoms with Crippen LogP contribution in [0.3, 0.4) is 0 Å². The van der Waals surface area contributed by atoms with Gasteiger partial charge in [0.2, 0.25) is 0 Å². The molecule has 2 N–H and O–H groups in total. The van der Waals surface area contributed by atoms with Crippen LogP contribution in [0.5, 0.6) is 0 Å². The van der Waals surface area contributed by atoms with Crippen molar-refractivity contribution in [3.63, 3.8) is 0 Å². The van der Waals surface area contributed by atoms with Gasteiger partial charge in [-0.1, -0.05) is 0 Å². The van der Waals surface area contributed by atoms with Crippen LogP contribution in [0.1, 0.15) is 25.0 Å². The van der Waals surface area contributed by atoms with E-state index in [0.717, 1.165) is 19.5 Å². The zero-order valence-electron chi connectivity index (χ0n) is 9.02. The van der Waals surface area contributed by atoms with Crippen molar-refractivity contribution >= 4 is 0 Å². The summed E-state index contributed by atoms with van der Waals surface area (Å²) in [5.41, 5.74) is 1.18. The Morgan fingerprint density at radius 3 is 3.27 bits per heavy atom. The first-order chi connectivity index (χ1) is 7.38. The number of aliphatic hydroxyl groups excluding tert-OH is 1. The highest BCUT2D eigenvalue weighted by Crippen LogP contribution is 2.20. The van der Waals surface area contributed by atoms with Crippen LogP contribution in [0, 0.1) is 5.92 Å². The Labute approximate surface area is 90.3 Å². The summed E-state index contributed by atoms with van der Waals surface area (Å²) in [4.78, 5) is 9.59. The van der Waals surface area contributed by atoms with E-state index in [0.29, 0.717) is 12.5 Å². The summed E-state index contributed by atoms with van der Waals surface area (Å²) >= 11 is 0. The van der Waals surface area contributed by atoms with Crippen molar-refractivity contribution in [2.75, 3.05) is 19.7 Å². The Kier molecular flexibility index (Phi) is 3.75. The average molecular weight is 209 g/mol. The van der Waals surface area contributed by atoms with Crippen molar-refractivity contribution in [1.29, 1.82) is 0 Å². The number of nitrogens with one attached hydrogen (secondary N) is 1. The molecule has 1 atom stereocenters. The van der Waals surface area contributed by atoms with E-state index in [9.17, 15) is 0 Å². The molecule has 15 heavy (non-hydrogen) atoms.